The molecule has 2 heterocycles. The highest BCUT2D eigenvalue weighted by Gasteiger charge is 2.46. The van der Waals surface area contributed by atoms with Gasteiger partial charge in [-0.2, -0.15) is 5.10 Å². The fourth-order valence-electron chi connectivity index (χ4n) is 3.64. The maximum Gasteiger partial charge on any atom is 0.214 e. The Labute approximate surface area is 154 Å². The zero-order valence-electron chi connectivity index (χ0n) is 13.7. The smallest absolute Gasteiger partial charge is 0.214 e. The van der Waals surface area contributed by atoms with Crippen LogP contribution in [-0.2, 0) is 16.6 Å². The third kappa shape index (κ3) is 3.75. The summed E-state index contributed by atoms with van der Waals surface area (Å²) in [5.41, 5.74) is 1.73. The zero-order chi connectivity index (χ0) is 16.2. The van der Waals surface area contributed by atoms with Gasteiger partial charge in [-0.25, -0.2) is 13.1 Å². The van der Waals surface area contributed by atoms with Crippen molar-refractivity contribution in [2.45, 2.75) is 50.4 Å². The van der Waals surface area contributed by atoms with Gasteiger partial charge in [-0.3, -0.25) is 10.00 Å². The van der Waals surface area contributed by atoms with Crippen LogP contribution >= 0.6 is 24.0 Å². The normalized spacial score (nSPS) is 28.1. The quantitative estimate of drug-likeness (QED) is 0.773. The van der Waals surface area contributed by atoms with E-state index >= 15 is 0 Å². The minimum absolute atomic E-state index is 0. The van der Waals surface area contributed by atoms with Gasteiger partial charge in [0.2, 0.25) is 10.0 Å². The Morgan fingerprint density at radius 1 is 1.29 bits per heavy atom. The molecule has 2 N–H and O–H groups in total. The number of rotatable bonds is 6. The minimum Gasteiger partial charge on any atom is -0.295 e. The van der Waals surface area contributed by atoms with E-state index in [-0.39, 0.29) is 23.7 Å². The van der Waals surface area contributed by atoms with Crippen LogP contribution in [0.1, 0.15) is 37.1 Å². The molecule has 0 spiro atoms. The number of likely N-dealkylation sites (tertiary alicyclic amines) is 1. The number of sulfonamides is 1. The maximum absolute atomic E-state index is 12.3. The molecule has 6 nitrogen and oxygen atoms in total. The number of halogens is 2. The fourth-order valence-corrected chi connectivity index (χ4v) is 5.40. The van der Waals surface area contributed by atoms with Crippen LogP contribution in [0.15, 0.2) is 0 Å². The van der Waals surface area contributed by atoms with E-state index in [1.165, 1.54) is 12.8 Å². The Kier molecular flexibility index (Phi) is 5.20. The largest absolute Gasteiger partial charge is 0.295 e. The van der Waals surface area contributed by atoms with Crippen LogP contribution in [0.25, 0.3) is 0 Å². The number of nitrogens with one attached hydrogen (secondary N) is 2. The summed E-state index contributed by atoms with van der Waals surface area (Å²) in [7, 11) is -3.13. The van der Waals surface area contributed by atoms with E-state index in [4.69, 9.17) is 11.6 Å². The zero-order valence-corrected chi connectivity index (χ0v) is 16.1. The van der Waals surface area contributed by atoms with E-state index in [1.54, 1.807) is 0 Å². The predicted molar refractivity (Wildman–Crippen MR) is 95.9 cm³/mol. The number of aryl methyl sites for hydroxylation is 1. The van der Waals surface area contributed by atoms with Crippen molar-refractivity contribution in [1.29, 1.82) is 0 Å². The summed E-state index contributed by atoms with van der Waals surface area (Å²) >= 11 is 6.26. The van der Waals surface area contributed by atoms with Crippen LogP contribution in [-0.4, -0.2) is 47.9 Å². The molecule has 0 bridgehead atoms. The Morgan fingerprint density at radius 3 is 2.54 bits per heavy atom. The summed E-state index contributed by atoms with van der Waals surface area (Å²) < 4.78 is 27.6. The SMILES string of the molecule is Cc1[nH]nc(CN2C[C@H](NS(=O)(=O)C3CC3)[C@@H](C3CC3)C2)c1Cl.Cl. The highest BCUT2D eigenvalue weighted by molar-refractivity contribution is 7.90. The van der Waals surface area contributed by atoms with E-state index < -0.39 is 10.0 Å². The molecule has 1 saturated heterocycles. The van der Waals surface area contributed by atoms with Crippen molar-refractivity contribution >= 4 is 34.0 Å². The van der Waals surface area contributed by atoms with E-state index in [0.717, 1.165) is 37.3 Å². The monoisotopic (exact) mass is 394 g/mol. The van der Waals surface area contributed by atoms with Crippen molar-refractivity contribution in [3.8, 4) is 0 Å². The topological polar surface area (TPSA) is 78.1 Å². The molecule has 1 aliphatic heterocycles. The number of H-pyrrole nitrogens is 1. The van der Waals surface area contributed by atoms with Gasteiger partial charge >= 0.3 is 0 Å². The van der Waals surface area contributed by atoms with Gasteiger partial charge in [-0.05, 0) is 44.4 Å². The molecule has 24 heavy (non-hydrogen) atoms. The van der Waals surface area contributed by atoms with E-state index in [2.05, 4.69) is 19.8 Å². The Morgan fingerprint density at radius 2 is 2.00 bits per heavy atom. The van der Waals surface area contributed by atoms with Crippen molar-refractivity contribution in [2.75, 3.05) is 13.1 Å². The first kappa shape index (κ1) is 18.5. The lowest BCUT2D eigenvalue weighted by atomic mass is 9.99. The second kappa shape index (κ2) is 6.76. The number of nitrogens with zero attached hydrogens (tertiary/aromatic N) is 2. The van der Waals surface area contributed by atoms with E-state index in [9.17, 15) is 8.42 Å². The third-order valence-electron chi connectivity index (χ3n) is 5.26. The fraction of sp³-hybridized carbons (Fsp3) is 0.800. The molecule has 0 radical (unpaired) electrons. The second-order valence-electron chi connectivity index (χ2n) is 7.27. The summed E-state index contributed by atoms with van der Waals surface area (Å²) in [6.45, 7) is 4.25. The first-order chi connectivity index (χ1) is 10.9. The van der Waals surface area contributed by atoms with Gasteiger partial charge in [0.25, 0.3) is 0 Å². The lowest BCUT2D eigenvalue weighted by Gasteiger charge is -2.19. The predicted octanol–water partition coefficient (Wildman–Crippen LogP) is 2.09. The molecular weight excluding hydrogens is 371 g/mol. The number of aromatic amines is 1. The molecule has 3 aliphatic rings. The summed E-state index contributed by atoms with van der Waals surface area (Å²) in [4.78, 5) is 2.28. The van der Waals surface area contributed by atoms with Crippen molar-refractivity contribution in [1.82, 2.24) is 19.8 Å². The van der Waals surface area contributed by atoms with E-state index in [1.807, 2.05) is 6.92 Å². The van der Waals surface area contributed by atoms with Crippen LogP contribution in [0.2, 0.25) is 5.02 Å². The van der Waals surface area contributed by atoms with Crippen LogP contribution in [0.5, 0.6) is 0 Å². The minimum atomic E-state index is -3.13. The first-order valence-electron chi connectivity index (χ1n) is 8.37. The average Bonchev–Trinajstić information content (AvgIpc) is 3.40. The molecular formula is C15H24Cl2N4O2S. The van der Waals surface area contributed by atoms with Gasteiger partial charge in [0, 0.05) is 25.7 Å². The first-order valence-corrected chi connectivity index (χ1v) is 10.3. The summed E-state index contributed by atoms with van der Waals surface area (Å²) in [6.07, 6.45) is 4.06. The molecule has 3 fully saturated rings. The molecule has 2 aliphatic carbocycles. The van der Waals surface area contributed by atoms with Crippen molar-refractivity contribution < 1.29 is 8.42 Å². The lowest BCUT2D eigenvalue weighted by Crippen LogP contribution is -2.42. The molecule has 2 atom stereocenters. The number of hydrogen-bond acceptors (Lipinski definition) is 4. The van der Waals surface area contributed by atoms with Gasteiger partial charge in [0.05, 0.1) is 21.7 Å². The molecule has 1 aromatic rings. The standard InChI is InChI=1S/C15H23ClN4O2S.ClH/c1-9-15(16)14(18-17-9)8-20-6-12(10-2-3-10)13(7-20)19-23(21,22)11-4-5-11;/h10-13,19H,2-8H2,1H3,(H,17,18);1H/t12-,13+;/m1./s1. The summed E-state index contributed by atoms with van der Waals surface area (Å²) in [5, 5.41) is 7.71. The molecule has 2 saturated carbocycles. The molecule has 1 aromatic heterocycles. The Hall–Kier alpha value is -0.340. The van der Waals surface area contributed by atoms with Crippen LogP contribution in [0, 0.1) is 18.8 Å². The summed E-state index contributed by atoms with van der Waals surface area (Å²) in [5.74, 6) is 1.09. The van der Waals surface area contributed by atoms with Crippen LogP contribution < -0.4 is 4.72 Å². The summed E-state index contributed by atoms with van der Waals surface area (Å²) in [6, 6.07) is 0.0342. The Bertz CT molecular complexity index is 700. The van der Waals surface area contributed by atoms with Crippen LogP contribution in [0.4, 0.5) is 0 Å². The second-order valence-corrected chi connectivity index (χ2v) is 9.64. The molecule has 0 unspecified atom stereocenters. The molecule has 4 rings (SSSR count). The van der Waals surface area contributed by atoms with Gasteiger partial charge < -0.3 is 0 Å². The van der Waals surface area contributed by atoms with Crippen molar-refractivity contribution in [3.05, 3.63) is 16.4 Å². The Balaban J connectivity index is 0.00000169. The van der Waals surface area contributed by atoms with Gasteiger partial charge in [0.15, 0.2) is 0 Å². The number of aromatic nitrogens is 2. The maximum atomic E-state index is 12.3. The highest BCUT2D eigenvalue weighted by Crippen LogP contribution is 2.42. The van der Waals surface area contributed by atoms with Gasteiger partial charge in [-0.15, -0.1) is 12.4 Å². The van der Waals surface area contributed by atoms with Gasteiger partial charge in [0.1, 0.15) is 0 Å². The average molecular weight is 395 g/mol. The molecule has 0 aromatic carbocycles. The number of hydrogen-bond donors (Lipinski definition) is 2. The highest BCUT2D eigenvalue weighted by atomic mass is 35.5. The van der Waals surface area contributed by atoms with Crippen LogP contribution in [0.3, 0.4) is 0 Å². The molecule has 136 valence electrons. The molecule has 0 amide bonds. The van der Waals surface area contributed by atoms with Gasteiger partial charge in [-0.1, -0.05) is 11.6 Å². The lowest BCUT2D eigenvalue weighted by molar-refractivity contribution is 0.306. The van der Waals surface area contributed by atoms with Crippen molar-refractivity contribution in [2.24, 2.45) is 11.8 Å². The molecule has 9 heteroatoms. The van der Waals surface area contributed by atoms with Crippen molar-refractivity contribution in [3.63, 3.8) is 0 Å². The third-order valence-corrected chi connectivity index (χ3v) is 7.74. The van der Waals surface area contributed by atoms with E-state index in [0.29, 0.717) is 23.4 Å².